The molecular formula is C15H15BrN2OS. The molecule has 0 fully saturated rings. The van der Waals surface area contributed by atoms with Gasteiger partial charge in [-0.1, -0.05) is 15.9 Å². The fourth-order valence-corrected chi connectivity index (χ4v) is 4.16. The van der Waals surface area contributed by atoms with Crippen molar-refractivity contribution in [2.24, 2.45) is 0 Å². The third-order valence-corrected chi connectivity index (χ3v) is 5.16. The van der Waals surface area contributed by atoms with Crippen molar-refractivity contribution in [1.29, 1.82) is 0 Å². The van der Waals surface area contributed by atoms with Gasteiger partial charge in [0.15, 0.2) is 0 Å². The Morgan fingerprint density at radius 2 is 2.25 bits per heavy atom. The monoisotopic (exact) mass is 350 g/mol. The lowest BCUT2D eigenvalue weighted by Crippen LogP contribution is -2.38. The molecule has 0 radical (unpaired) electrons. The van der Waals surface area contributed by atoms with E-state index in [1.165, 1.54) is 10.4 Å². The number of rotatable bonds is 1. The van der Waals surface area contributed by atoms with E-state index in [0.29, 0.717) is 11.3 Å². The molecular weight excluding hydrogens is 336 g/mol. The minimum atomic E-state index is 0.0438. The van der Waals surface area contributed by atoms with Crippen molar-refractivity contribution < 1.29 is 4.79 Å². The average Bonchev–Trinajstić information content (AvgIpc) is 2.86. The summed E-state index contributed by atoms with van der Waals surface area (Å²) in [5.74, 6) is 0.0438. The lowest BCUT2D eigenvalue weighted by atomic mass is 10.0. The number of nitrogens with zero attached hydrogens (tertiary/aromatic N) is 1. The van der Waals surface area contributed by atoms with E-state index in [1.54, 1.807) is 23.5 Å². The molecule has 2 aromatic rings. The maximum atomic E-state index is 12.7. The van der Waals surface area contributed by atoms with Crippen molar-refractivity contribution in [3.05, 3.63) is 50.1 Å². The summed E-state index contributed by atoms with van der Waals surface area (Å²) in [6.45, 7) is 2.85. The van der Waals surface area contributed by atoms with E-state index < -0.39 is 0 Å². The molecule has 5 heteroatoms. The average molecular weight is 351 g/mol. The van der Waals surface area contributed by atoms with Gasteiger partial charge in [-0.05, 0) is 48.6 Å². The van der Waals surface area contributed by atoms with E-state index in [0.717, 1.165) is 17.4 Å². The number of thiophene rings is 1. The number of hydrogen-bond acceptors (Lipinski definition) is 3. The first kappa shape index (κ1) is 13.6. The highest BCUT2D eigenvalue weighted by Crippen LogP contribution is 2.34. The normalized spacial score (nSPS) is 17.9. The smallest absolute Gasteiger partial charge is 0.254 e. The molecule has 0 saturated carbocycles. The van der Waals surface area contributed by atoms with E-state index in [2.05, 4.69) is 34.3 Å². The van der Waals surface area contributed by atoms with Crippen LogP contribution in [0.1, 0.15) is 33.8 Å². The number of carbonyl (C=O) groups is 1. The van der Waals surface area contributed by atoms with Gasteiger partial charge in [-0.3, -0.25) is 4.79 Å². The number of amides is 1. The predicted octanol–water partition coefficient (Wildman–Crippen LogP) is 3.85. The number of nitrogen functional groups attached to an aromatic ring is 1. The van der Waals surface area contributed by atoms with E-state index in [4.69, 9.17) is 5.73 Å². The Labute approximate surface area is 130 Å². The quantitative estimate of drug-likeness (QED) is 0.794. The highest BCUT2D eigenvalue weighted by molar-refractivity contribution is 9.10. The Morgan fingerprint density at radius 1 is 1.45 bits per heavy atom. The minimum Gasteiger partial charge on any atom is -0.399 e. The minimum absolute atomic E-state index is 0.0438. The van der Waals surface area contributed by atoms with E-state index in [-0.39, 0.29) is 11.9 Å². The maximum absolute atomic E-state index is 12.7. The molecule has 1 unspecified atom stereocenters. The number of anilines is 1. The van der Waals surface area contributed by atoms with Crippen LogP contribution >= 0.6 is 27.3 Å². The fraction of sp³-hybridized carbons (Fsp3) is 0.267. The van der Waals surface area contributed by atoms with E-state index in [9.17, 15) is 4.79 Å². The van der Waals surface area contributed by atoms with Crippen LogP contribution in [0.3, 0.4) is 0 Å². The molecule has 1 aromatic carbocycles. The SMILES string of the molecule is CC1c2ccsc2CCN1C(=O)c1cc(N)cc(Br)c1. The van der Waals surface area contributed by atoms with Gasteiger partial charge in [0.25, 0.3) is 5.91 Å². The number of halogens is 1. The lowest BCUT2D eigenvalue weighted by Gasteiger charge is -2.33. The van der Waals surface area contributed by atoms with Crippen molar-refractivity contribution in [2.45, 2.75) is 19.4 Å². The van der Waals surface area contributed by atoms with Gasteiger partial charge < -0.3 is 10.6 Å². The van der Waals surface area contributed by atoms with Gasteiger partial charge in [0.2, 0.25) is 0 Å². The van der Waals surface area contributed by atoms with Crippen LogP contribution in [0.5, 0.6) is 0 Å². The molecule has 104 valence electrons. The van der Waals surface area contributed by atoms with Gasteiger partial charge in [0, 0.05) is 27.1 Å². The second-order valence-corrected chi connectivity index (χ2v) is 6.91. The first-order valence-electron chi connectivity index (χ1n) is 6.49. The molecule has 20 heavy (non-hydrogen) atoms. The van der Waals surface area contributed by atoms with Crippen LogP contribution in [0.4, 0.5) is 5.69 Å². The zero-order valence-electron chi connectivity index (χ0n) is 11.1. The van der Waals surface area contributed by atoms with E-state index >= 15 is 0 Å². The highest BCUT2D eigenvalue weighted by Gasteiger charge is 2.29. The molecule has 2 heterocycles. The first-order valence-corrected chi connectivity index (χ1v) is 8.17. The molecule has 0 saturated heterocycles. The van der Waals surface area contributed by atoms with Crippen LogP contribution in [0.25, 0.3) is 0 Å². The van der Waals surface area contributed by atoms with Crippen molar-refractivity contribution in [3.8, 4) is 0 Å². The lowest BCUT2D eigenvalue weighted by molar-refractivity contribution is 0.0679. The first-order chi connectivity index (χ1) is 9.56. The van der Waals surface area contributed by atoms with Gasteiger partial charge in [-0.15, -0.1) is 11.3 Å². The Kier molecular flexibility index (Phi) is 3.56. The zero-order valence-corrected chi connectivity index (χ0v) is 13.5. The third kappa shape index (κ3) is 2.36. The Balaban J connectivity index is 1.92. The van der Waals surface area contributed by atoms with Crippen LogP contribution < -0.4 is 5.73 Å². The molecule has 0 spiro atoms. The van der Waals surface area contributed by atoms with Crippen LogP contribution in [-0.2, 0) is 6.42 Å². The van der Waals surface area contributed by atoms with Crippen LogP contribution in [0.2, 0.25) is 0 Å². The standard InChI is InChI=1S/C15H15BrN2OS/c1-9-13-3-5-20-14(13)2-4-18(9)15(19)10-6-11(16)8-12(17)7-10/h3,5-9H,2,4,17H2,1H3. The highest BCUT2D eigenvalue weighted by atomic mass is 79.9. The maximum Gasteiger partial charge on any atom is 0.254 e. The Morgan fingerprint density at radius 3 is 3.00 bits per heavy atom. The second kappa shape index (κ2) is 5.22. The number of fused-ring (bicyclic) bond motifs is 1. The topological polar surface area (TPSA) is 46.3 Å². The van der Waals surface area contributed by atoms with Gasteiger partial charge in [-0.2, -0.15) is 0 Å². The molecule has 1 atom stereocenters. The number of nitrogens with two attached hydrogens (primary N) is 1. The van der Waals surface area contributed by atoms with Gasteiger partial charge >= 0.3 is 0 Å². The molecule has 1 amide bonds. The zero-order chi connectivity index (χ0) is 14.3. The number of benzene rings is 1. The number of hydrogen-bond donors (Lipinski definition) is 1. The summed E-state index contributed by atoms with van der Waals surface area (Å²) in [5, 5.41) is 2.10. The summed E-state index contributed by atoms with van der Waals surface area (Å²) in [6, 6.07) is 7.61. The van der Waals surface area contributed by atoms with Crippen molar-refractivity contribution in [1.82, 2.24) is 4.90 Å². The third-order valence-electron chi connectivity index (χ3n) is 3.71. The predicted molar refractivity (Wildman–Crippen MR) is 86.0 cm³/mol. The molecule has 3 rings (SSSR count). The molecule has 0 aliphatic carbocycles. The molecule has 3 nitrogen and oxygen atoms in total. The molecule has 2 N–H and O–H groups in total. The summed E-state index contributed by atoms with van der Waals surface area (Å²) in [5.41, 5.74) is 8.34. The van der Waals surface area contributed by atoms with Crippen molar-refractivity contribution in [3.63, 3.8) is 0 Å². The summed E-state index contributed by atoms with van der Waals surface area (Å²) < 4.78 is 0.835. The van der Waals surface area contributed by atoms with Crippen molar-refractivity contribution in [2.75, 3.05) is 12.3 Å². The van der Waals surface area contributed by atoms with Gasteiger partial charge in [-0.25, -0.2) is 0 Å². The Hall–Kier alpha value is -1.33. The summed E-state index contributed by atoms with van der Waals surface area (Å²) in [7, 11) is 0. The largest absolute Gasteiger partial charge is 0.399 e. The molecule has 1 aromatic heterocycles. The van der Waals surface area contributed by atoms with Crippen LogP contribution in [0.15, 0.2) is 34.1 Å². The summed E-state index contributed by atoms with van der Waals surface area (Å²) in [4.78, 5) is 16.0. The van der Waals surface area contributed by atoms with Crippen LogP contribution in [0, 0.1) is 0 Å². The van der Waals surface area contributed by atoms with Gasteiger partial charge in [0.1, 0.15) is 0 Å². The van der Waals surface area contributed by atoms with Crippen molar-refractivity contribution >= 4 is 38.9 Å². The molecule has 1 aliphatic rings. The van der Waals surface area contributed by atoms with Gasteiger partial charge in [0.05, 0.1) is 6.04 Å². The number of carbonyl (C=O) groups excluding carboxylic acids is 1. The second-order valence-electron chi connectivity index (χ2n) is 5.00. The Bertz CT molecular complexity index is 647. The summed E-state index contributed by atoms with van der Waals surface area (Å²) in [6.07, 6.45) is 0.937. The molecule has 1 aliphatic heterocycles. The van der Waals surface area contributed by atoms with Crippen LogP contribution in [-0.4, -0.2) is 17.4 Å². The molecule has 0 bridgehead atoms. The fourth-order valence-electron chi connectivity index (χ4n) is 2.69. The van der Waals surface area contributed by atoms with E-state index in [1.807, 2.05) is 11.0 Å². The summed E-state index contributed by atoms with van der Waals surface area (Å²) >= 11 is 5.17.